The van der Waals surface area contributed by atoms with Gasteiger partial charge in [0.15, 0.2) is 11.6 Å². The second-order valence-electron chi connectivity index (χ2n) is 9.66. The third-order valence-corrected chi connectivity index (χ3v) is 7.29. The zero-order chi connectivity index (χ0) is 27.1. The highest BCUT2D eigenvalue weighted by Crippen LogP contribution is 2.38. The summed E-state index contributed by atoms with van der Waals surface area (Å²) >= 11 is 7.75. The molecule has 3 aromatic rings. The van der Waals surface area contributed by atoms with Crippen molar-refractivity contribution in [3.05, 3.63) is 40.8 Å². The Morgan fingerprint density at radius 2 is 2.03 bits per heavy atom. The van der Waals surface area contributed by atoms with Gasteiger partial charge in [-0.3, -0.25) is 4.90 Å². The minimum Gasteiger partial charge on any atom is -0.488 e. The van der Waals surface area contributed by atoms with Crippen molar-refractivity contribution < 1.29 is 23.8 Å². The van der Waals surface area contributed by atoms with Crippen molar-refractivity contribution in [2.45, 2.75) is 65.5 Å². The van der Waals surface area contributed by atoms with Gasteiger partial charge < -0.3 is 19.9 Å². The molecule has 2 N–H and O–H groups in total. The predicted molar refractivity (Wildman–Crippen MR) is 141 cm³/mol. The van der Waals surface area contributed by atoms with Crippen LogP contribution in [0.25, 0.3) is 21.1 Å². The number of pyridine rings is 1. The van der Waals surface area contributed by atoms with Gasteiger partial charge in [0.25, 0.3) is 0 Å². The average molecular weight is 550 g/mol. The fourth-order valence-electron chi connectivity index (χ4n) is 4.33. The first-order chi connectivity index (χ1) is 17.4. The van der Waals surface area contributed by atoms with Crippen molar-refractivity contribution in [2.24, 2.45) is 0 Å². The van der Waals surface area contributed by atoms with Crippen molar-refractivity contribution in [3.8, 4) is 26.9 Å². The largest absolute Gasteiger partial charge is 0.488 e. The van der Waals surface area contributed by atoms with E-state index in [1.807, 2.05) is 26.8 Å². The predicted octanol–water partition coefficient (Wildman–Crippen LogP) is 6.07. The lowest BCUT2D eigenvalue weighted by atomic mass is 10.1. The summed E-state index contributed by atoms with van der Waals surface area (Å²) < 4.78 is 26.4. The summed E-state index contributed by atoms with van der Waals surface area (Å²) in [6.07, 6.45) is 0.147. The second kappa shape index (κ2) is 10.4. The van der Waals surface area contributed by atoms with Crippen LogP contribution in [0.5, 0.6) is 5.75 Å². The number of carboxylic acid groups (broad SMARTS) is 1. The molecule has 0 radical (unpaired) electrons. The summed E-state index contributed by atoms with van der Waals surface area (Å²) in [7, 11) is 0. The molecule has 198 valence electrons. The first kappa shape index (κ1) is 27.0. The molecule has 0 saturated carbocycles. The molecule has 1 aliphatic rings. The molecule has 2 unspecified atom stereocenters. The minimum atomic E-state index is -1.14. The Morgan fingerprint density at radius 3 is 2.68 bits per heavy atom. The smallest absolute Gasteiger partial charge is 0.410 e. The number of hydrogen-bond donors (Lipinski definition) is 2. The number of hydrogen-bond acceptors (Lipinski definition) is 8. The van der Waals surface area contributed by atoms with Crippen LogP contribution in [-0.4, -0.2) is 61.8 Å². The van der Waals surface area contributed by atoms with Crippen molar-refractivity contribution in [3.63, 3.8) is 0 Å². The molecule has 1 amide bonds. The molecular formula is C25H29ClFN5O4S. The summed E-state index contributed by atoms with van der Waals surface area (Å²) in [6, 6.07) is 4.22. The molecule has 0 spiro atoms. The van der Waals surface area contributed by atoms with Gasteiger partial charge in [-0.05, 0) is 59.2 Å². The van der Waals surface area contributed by atoms with Gasteiger partial charge >= 0.3 is 6.09 Å². The van der Waals surface area contributed by atoms with Crippen LogP contribution >= 0.6 is 22.9 Å². The second-order valence-corrected chi connectivity index (χ2v) is 11.0. The lowest BCUT2D eigenvalue weighted by Gasteiger charge is -2.30. The Morgan fingerprint density at radius 1 is 1.32 bits per heavy atom. The molecule has 9 nitrogen and oxygen atoms in total. The standard InChI is InChI=1S/C25H29ClFN5O4S/c1-12(2)29-21-13(3)7-15(10-28-21)22-30-31-23(37-22)16-8-18(27)20(9-17(16)26)35-11-19-14(4)36-25(5,6)32(19)24(33)34/h7-10,12,14,19H,11H2,1-6H3,(H,28,29)(H,33,34). The Labute approximate surface area is 223 Å². The van der Waals surface area contributed by atoms with E-state index in [1.54, 1.807) is 27.0 Å². The van der Waals surface area contributed by atoms with Crippen LogP contribution in [-0.2, 0) is 4.74 Å². The zero-order valence-electron chi connectivity index (χ0n) is 21.4. The van der Waals surface area contributed by atoms with Crippen LogP contribution in [0.1, 0.15) is 40.2 Å². The van der Waals surface area contributed by atoms with Crippen molar-refractivity contribution in [1.29, 1.82) is 0 Å². The van der Waals surface area contributed by atoms with Crippen LogP contribution in [0.4, 0.5) is 15.0 Å². The van der Waals surface area contributed by atoms with E-state index in [0.717, 1.165) is 16.9 Å². The highest BCUT2D eigenvalue weighted by Gasteiger charge is 2.48. The minimum absolute atomic E-state index is 0.0891. The van der Waals surface area contributed by atoms with Gasteiger partial charge in [0.05, 0.1) is 17.2 Å². The first-order valence-corrected chi connectivity index (χ1v) is 13.0. The lowest BCUT2D eigenvalue weighted by molar-refractivity contribution is -0.0621. The maximum atomic E-state index is 15.0. The molecule has 0 bridgehead atoms. The molecule has 2 aromatic heterocycles. The van der Waals surface area contributed by atoms with Crippen molar-refractivity contribution in [1.82, 2.24) is 20.1 Å². The molecule has 1 aromatic carbocycles. The van der Waals surface area contributed by atoms with Crippen molar-refractivity contribution in [2.75, 3.05) is 11.9 Å². The number of aromatic nitrogens is 3. The molecule has 3 heterocycles. The van der Waals surface area contributed by atoms with E-state index in [4.69, 9.17) is 21.1 Å². The van der Waals surface area contributed by atoms with Crippen LogP contribution in [0.3, 0.4) is 0 Å². The fraction of sp³-hybridized carbons (Fsp3) is 0.440. The number of ether oxygens (including phenoxy) is 2. The van der Waals surface area contributed by atoms with E-state index in [-0.39, 0.29) is 23.4 Å². The third-order valence-electron chi connectivity index (χ3n) is 5.97. The normalized spacial score (nSPS) is 18.9. The number of anilines is 1. The first-order valence-electron chi connectivity index (χ1n) is 11.8. The van der Waals surface area contributed by atoms with E-state index < -0.39 is 29.8 Å². The quantitative estimate of drug-likeness (QED) is 0.365. The number of carbonyl (C=O) groups is 1. The number of halogens is 2. The Kier molecular flexibility index (Phi) is 7.59. The molecule has 1 aliphatic heterocycles. The highest BCUT2D eigenvalue weighted by molar-refractivity contribution is 7.18. The highest BCUT2D eigenvalue weighted by atomic mass is 35.5. The summed E-state index contributed by atoms with van der Waals surface area (Å²) in [5.74, 6) is 0.0667. The number of aryl methyl sites for hydroxylation is 1. The number of amides is 1. The van der Waals surface area contributed by atoms with Gasteiger partial charge in [-0.15, -0.1) is 10.2 Å². The van der Waals surface area contributed by atoms with E-state index in [9.17, 15) is 9.90 Å². The average Bonchev–Trinajstić information content (AvgIpc) is 3.36. The van der Waals surface area contributed by atoms with Gasteiger partial charge in [0.2, 0.25) is 0 Å². The van der Waals surface area contributed by atoms with E-state index in [0.29, 0.717) is 15.6 Å². The zero-order valence-corrected chi connectivity index (χ0v) is 22.9. The van der Waals surface area contributed by atoms with Crippen LogP contribution in [0, 0.1) is 12.7 Å². The number of nitrogens with zero attached hydrogens (tertiary/aromatic N) is 4. The number of nitrogens with one attached hydrogen (secondary N) is 1. The van der Waals surface area contributed by atoms with Gasteiger partial charge in [-0.2, -0.15) is 0 Å². The molecule has 37 heavy (non-hydrogen) atoms. The monoisotopic (exact) mass is 549 g/mol. The molecule has 0 aliphatic carbocycles. The van der Waals surface area contributed by atoms with E-state index >= 15 is 4.39 Å². The van der Waals surface area contributed by atoms with Gasteiger partial charge in [-0.1, -0.05) is 22.9 Å². The molecule has 1 fully saturated rings. The topological polar surface area (TPSA) is 110 Å². The molecule has 4 rings (SSSR count). The summed E-state index contributed by atoms with van der Waals surface area (Å²) in [5.41, 5.74) is 1.13. The Hall–Kier alpha value is -3.02. The molecule has 1 saturated heterocycles. The molecular weight excluding hydrogens is 521 g/mol. The number of rotatable bonds is 7. The van der Waals surface area contributed by atoms with Crippen molar-refractivity contribution >= 4 is 34.8 Å². The summed E-state index contributed by atoms with van der Waals surface area (Å²) in [6.45, 7) is 11.0. The maximum Gasteiger partial charge on any atom is 0.410 e. The van der Waals surface area contributed by atoms with Gasteiger partial charge in [0, 0.05) is 29.4 Å². The SMILES string of the molecule is Cc1cc(-c2nnc(-c3cc(F)c(OCC4C(C)OC(C)(C)N4C(=O)O)cc3Cl)s2)cnc1NC(C)C. The third kappa shape index (κ3) is 5.63. The Balaban J connectivity index is 1.52. The van der Waals surface area contributed by atoms with Crippen LogP contribution in [0.15, 0.2) is 24.4 Å². The van der Waals surface area contributed by atoms with Gasteiger partial charge in [0.1, 0.15) is 28.2 Å². The van der Waals surface area contributed by atoms with Crippen LogP contribution < -0.4 is 10.1 Å². The molecule has 2 atom stereocenters. The maximum absolute atomic E-state index is 15.0. The molecule has 12 heteroatoms. The van der Waals surface area contributed by atoms with Gasteiger partial charge in [-0.25, -0.2) is 14.2 Å². The summed E-state index contributed by atoms with van der Waals surface area (Å²) in [5, 5.41) is 22.7. The van der Waals surface area contributed by atoms with E-state index in [1.165, 1.54) is 28.4 Å². The summed E-state index contributed by atoms with van der Waals surface area (Å²) in [4.78, 5) is 17.4. The van der Waals surface area contributed by atoms with Crippen LogP contribution in [0.2, 0.25) is 5.02 Å². The van der Waals surface area contributed by atoms with E-state index in [2.05, 4.69) is 20.5 Å². The number of benzene rings is 1. The fourth-order valence-corrected chi connectivity index (χ4v) is 5.48. The Bertz CT molecular complexity index is 1320. The lowest BCUT2D eigenvalue weighted by Crippen LogP contribution is -2.49.